The molecule has 7 aromatic carbocycles. The van der Waals surface area contributed by atoms with E-state index in [0.29, 0.717) is 0 Å². The van der Waals surface area contributed by atoms with E-state index in [2.05, 4.69) is 138 Å². The molecule has 0 atom stereocenters. The molecular weight excluding hydrogens is 561 g/mol. The van der Waals surface area contributed by atoms with Gasteiger partial charge < -0.3 is 4.57 Å². The van der Waals surface area contributed by atoms with Crippen LogP contribution in [-0.2, 0) is 0 Å². The molecule has 10 rings (SSSR count). The smallest absolute Gasteiger partial charge is 0.125 e. The highest BCUT2D eigenvalue weighted by Crippen LogP contribution is 2.44. The minimum Gasteiger partial charge on any atom is -0.309 e. The first-order valence-electron chi connectivity index (χ1n) is 14.5. The van der Waals surface area contributed by atoms with E-state index >= 15 is 0 Å². The molecule has 0 unspecified atom stereocenters. The Kier molecular flexibility index (Phi) is 4.78. The van der Waals surface area contributed by atoms with Gasteiger partial charge in [-0.25, -0.2) is 4.98 Å². The molecule has 43 heavy (non-hydrogen) atoms. The lowest BCUT2D eigenvalue weighted by atomic mass is 10.0. The van der Waals surface area contributed by atoms with Crippen molar-refractivity contribution < 1.29 is 0 Å². The molecule has 0 aliphatic heterocycles. The Bertz CT molecular complexity index is 2740. The van der Waals surface area contributed by atoms with Crippen LogP contribution >= 0.6 is 22.7 Å². The van der Waals surface area contributed by atoms with E-state index in [1.807, 2.05) is 11.3 Å². The van der Waals surface area contributed by atoms with Gasteiger partial charge in [0.2, 0.25) is 0 Å². The van der Waals surface area contributed by atoms with E-state index in [-0.39, 0.29) is 0 Å². The number of benzene rings is 7. The van der Waals surface area contributed by atoms with Gasteiger partial charge in [-0.05, 0) is 58.6 Å². The lowest BCUT2D eigenvalue weighted by Crippen LogP contribution is -1.96. The SMILES string of the molecule is c1ccc2c(c1)ccc1c2c2ccccc2n1-c1ccc(-c2nc3c(ccc4sc5ccccc5c43)s2)c2ccccc12. The average molecular weight is 583 g/mol. The number of aromatic nitrogens is 2. The maximum absolute atomic E-state index is 5.33. The molecule has 0 saturated heterocycles. The molecule has 0 spiro atoms. The summed E-state index contributed by atoms with van der Waals surface area (Å²) >= 11 is 3.64. The van der Waals surface area contributed by atoms with Gasteiger partial charge in [-0.1, -0.05) is 91.0 Å². The van der Waals surface area contributed by atoms with Crippen LogP contribution in [0.1, 0.15) is 0 Å². The number of para-hydroxylation sites is 1. The lowest BCUT2D eigenvalue weighted by molar-refractivity contribution is 1.20. The molecule has 0 amide bonds. The summed E-state index contributed by atoms with van der Waals surface area (Å²) in [6.45, 7) is 0. The molecule has 0 aliphatic carbocycles. The van der Waals surface area contributed by atoms with Crippen LogP contribution in [0.5, 0.6) is 0 Å². The van der Waals surface area contributed by atoms with Crippen molar-refractivity contribution in [3.05, 3.63) is 133 Å². The molecule has 0 bridgehead atoms. The number of fused-ring (bicyclic) bond motifs is 11. The van der Waals surface area contributed by atoms with Crippen molar-refractivity contribution in [2.45, 2.75) is 0 Å². The summed E-state index contributed by atoms with van der Waals surface area (Å²) in [5.74, 6) is 0. The van der Waals surface area contributed by atoms with Gasteiger partial charge in [0.15, 0.2) is 0 Å². The summed E-state index contributed by atoms with van der Waals surface area (Å²) in [4.78, 5) is 5.33. The average Bonchev–Trinajstić information content (AvgIpc) is 3.76. The summed E-state index contributed by atoms with van der Waals surface area (Å²) in [7, 11) is 0. The quantitative estimate of drug-likeness (QED) is 0.198. The maximum Gasteiger partial charge on any atom is 0.125 e. The van der Waals surface area contributed by atoms with Crippen LogP contribution in [0.2, 0.25) is 0 Å². The Morgan fingerprint density at radius 2 is 1.16 bits per heavy atom. The van der Waals surface area contributed by atoms with Crippen LogP contribution in [0, 0.1) is 0 Å². The van der Waals surface area contributed by atoms with E-state index in [1.165, 1.54) is 79.5 Å². The van der Waals surface area contributed by atoms with E-state index in [4.69, 9.17) is 4.98 Å². The van der Waals surface area contributed by atoms with Crippen LogP contribution in [0.3, 0.4) is 0 Å². The molecule has 4 heteroatoms. The summed E-state index contributed by atoms with van der Waals surface area (Å²) in [6.07, 6.45) is 0. The second-order valence-corrected chi connectivity index (χ2v) is 13.2. The Hall–Kier alpha value is -5.03. The lowest BCUT2D eigenvalue weighted by Gasteiger charge is -2.14. The molecule has 3 aromatic heterocycles. The first kappa shape index (κ1) is 23.5. The van der Waals surface area contributed by atoms with E-state index in [0.717, 1.165) is 10.5 Å². The molecule has 2 nitrogen and oxygen atoms in total. The molecular formula is C39H22N2S2. The van der Waals surface area contributed by atoms with Crippen molar-refractivity contribution in [2.75, 3.05) is 0 Å². The molecule has 200 valence electrons. The third-order valence-corrected chi connectivity index (χ3v) is 11.0. The minimum atomic E-state index is 1.06. The molecule has 3 heterocycles. The van der Waals surface area contributed by atoms with Crippen LogP contribution in [-0.4, -0.2) is 9.55 Å². The second kappa shape index (κ2) is 8.74. The summed E-state index contributed by atoms with van der Waals surface area (Å²) in [6, 6.07) is 48.6. The Balaban J connectivity index is 1.26. The fourth-order valence-electron chi connectivity index (χ4n) is 6.98. The topological polar surface area (TPSA) is 17.8 Å². The number of hydrogen-bond donors (Lipinski definition) is 0. The van der Waals surface area contributed by atoms with Crippen molar-refractivity contribution in [1.29, 1.82) is 0 Å². The van der Waals surface area contributed by atoms with Crippen LogP contribution in [0.15, 0.2) is 133 Å². The Morgan fingerprint density at radius 1 is 0.442 bits per heavy atom. The van der Waals surface area contributed by atoms with Crippen molar-refractivity contribution in [2.24, 2.45) is 0 Å². The van der Waals surface area contributed by atoms with E-state index in [9.17, 15) is 0 Å². The molecule has 0 N–H and O–H groups in total. The van der Waals surface area contributed by atoms with Gasteiger partial charge in [-0.15, -0.1) is 22.7 Å². The molecule has 0 fully saturated rings. The van der Waals surface area contributed by atoms with Crippen molar-refractivity contribution >= 4 is 96.4 Å². The van der Waals surface area contributed by atoms with Crippen LogP contribution in [0.25, 0.3) is 90.0 Å². The molecule has 10 aromatic rings. The van der Waals surface area contributed by atoms with E-state index < -0.39 is 0 Å². The van der Waals surface area contributed by atoms with Crippen molar-refractivity contribution in [3.63, 3.8) is 0 Å². The third kappa shape index (κ3) is 3.25. The van der Waals surface area contributed by atoms with Crippen molar-refractivity contribution in [3.8, 4) is 16.3 Å². The predicted octanol–water partition coefficient (Wildman–Crippen LogP) is 11.7. The third-order valence-electron chi connectivity index (χ3n) is 8.83. The van der Waals surface area contributed by atoms with Gasteiger partial charge in [0.25, 0.3) is 0 Å². The zero-order chi connectivity index (χ0) is 28.1. The van der Waals surface area contributed by atoms with Gasteiger partial charge in [0.1, 0.15) is 5.01 Å². The number of hydrogen-bond acceptors (Lipinski definition) is 3. The first-order valence-corrected chi connectivity index (χ1v) is 16.1. The highest BCUT2D eigenvalue weighted by Gasteiger charge is 2.19. The number of thiophene rings is 1. The Morgan fingerprint density at radius 3 is 2.07 bits per heavy atom. The molecule has 0 radical (unpaired) electrons. The van der Waals surface area contributed by atoms with E-state index in [1.54, 1.807) is 11.3 Å². The highest BCUT2D eigenvalue weighted by atomic mass is 32.1. The first-order chi connectivity index (χ1) is 21.3. The number of nitrogens with zero attached hydrogens (tertiary/aromatic N) is 2. The van der Waals surface area contributed by atoms with Crippen LogP contribution < -0.4 is 0 Å². The normalized spacial score (nSPS) is 12.2. The highest BCUT2D eigenvalue weighted by molar-refractivity contribution is 7.26. The fraction of sp³-hybridized carbons (Fsp3) is 0. The number of thiazole rings is 1. The zero-order valence-electron chi connectivity index (χ0n) is 22.9. The van der Waals surface area contributed by atoms with Gasteiger partial charge >= 0.3 is 0 Å². The zero-order valence-corrected chi connectivity index (χ0v) is 24.5. The predicted molar refractivity (Wildman–Crippen MR) is 187 cm³/mol. The van der Waals surface area contributed by atoms with Gasteiger partial charge in [-0.2, -0.15) is 0 Å². The second-order valence-electron chi connectivity index (χ2n) is 11.1. The fourth-order valence-corrected chi connectivity index (χ4v) is 9.10. The van der Waals surface area contributed by atoms with Gasteiger partial charge in [0, 0.05) is 41.9 Å². The van der Waals surface area contributed by atoms with Gasteiger partial charge in [-0.3, -0.25) is 0 Å². The van der Waals surface area contributed by atoms with Crippen LogP contribution in [0.4, 0.5) is 0 Å². The standard InChI is InChI=1S/C39H22N2S2/c1-2-10-24-23(9-1)17-19-32-36(24)28-13-5-7-15-30(28)41(32)31-20-18-27(25-11-3-4-12-26(25)31)39-40-38-35(43-39)22-21-34-37(38)29-14-6-8-16-33(29)42-34/h1-22H. The summed E-state index contributed by atoms with van der Waals surface area (Å²) < 4.78 is 6.29. The maximum atomic E-state index is 5.33. The monoisotopic (exact) mass is 582 g/mol. The van der Waals surface area contributed by atoms with Gasteiger partial charge in [0.05, 0.1) is 26.9 Å². The minimum absolute atomic E-state index is 1.06. The summed E-state index contributed by atoms with van der Waals surface area (Å²) in [5.41, 5.74) is 5.92. The Labute approximate surface area is 254 Å². The van der Waals surface area contributed by atoms with Crippen molar-refractivity contribution in [1.82, 2.24) is 9.55 Å². The largest absolute Gasteiger partial charge is 0.309 e. The number of rotatable bonds is 2. The summed E-state index contributed by atoms with van der Waals surface area (Å²) in [5, 5.41) is 11.2. The molecule has 0 saturated carbocycles. The molecule has 0 aliphatic rings.